The normalized spacial score (nSPS) is 35.9. The van der Waals surface area contributed by atoms with E-state index in [0.717, 1.165) is 35.3 Å². The molecule has 0 amide bonds. The second-order valence-corrected chi connectivity index (χ2v) is 8.47. The molecule has 2 aromatic carbocycles. The molecule has 0 bridgehead atoms. The van der Waals surface area contributed by atoms with Crippen molar-refractivity contribution in [3.63, 3.8) is 0 Å². The molecule has 0 aromatic heterocycles. The van der Waals surface area contributed by atoms with E-state index in [0.29, 0.717) is 0 Å². The second-order valence-electron chi connectivity index (χ2n) is 8.47. The SMILES string of the molecule is [2H]C([2H])([2H])C1N2c3ccccc3C([2H])(C3CCCCC3)C2[C@H](C)N1c1ccccc1C. The summed E-state index contributed by atoms with van der Waals surface area (Å²) in [6.07, 6.45) is 4.91. The summed E-state index contributed by atoms with van der Waals surface area (Å²) < 4.78 is 35.5. The summed E-state index contributed by atoms with van der Waals surface area (Å²) in [7, 11) is 0. The summed E-state index contributed by atoms with van der Waals surface area (Å²) in [6, 6.07) is 15.9. The first-order valence-corrected chi connectivity index (χ1v) is 10.5. The quantitative estimate of drug-likeness (QED) is 0.635. The summed E-state index contributed by atoms with van der Waals surface area (Å²) in [4.78, 5) is 4.19. The highest BCUT2D eigenvalue weighted by molar-refractivity contribution is 5.69. The third-order valence-electron chi connectivity index (χ3n) is 6.97. The monoisotopic (exact) mass is 364 g/mol. The van der Waals surface area contributed by atoms with E-state index in [9.17, 15) is 1.37 Å². The third-order valence-corrected chi connectivity index (χ3v) is 6.97. The summed E-state index contributed by atoms with van der Waals surface area (Å²) in [5.41, 5.74) is 4.01. The first-order valence-electron chi connectivity index (χ1n) is 12.5. The van der Waals surface area contributed by atoms with E-state index < -0.39 is 18.9 Å². The van der Waals surface area contributed by atoms with Gasteiger partial charge in [-0.25, -0.2) is 0 Å². The molecular formula is C25H32N2. The molecule has 4 atom stereocenters. The Labute approximate surface area is 169 Å². The van der Waals surface area contributed by atoms with Crippen LogP contribution in [-0.4, -0.2) is 18.2 Å². The van der Waals surface area contributed by atoms with E-state index in [-0.39, 0.29) is 18.0 Å². The number of para-hydroxylation sites is 2. The average molecular weight is 365 g/mol. The molecule has 2 aliphatic heterocycles. The van der Waals surface area contributed by atoms with Gasteiger partial charge < -0.3 is 9.80 Å². The maximum atomic E-state index is 9.96. The van der Waals surface area contributed by atoms with Gasteiger partial charge in [-0.3, -0.25) is 0 Å². The maximum absolute atomic E-state index is 9.96. The van der Waals surface area contributed by atoms with Crippen molar-refractivity contribution in [2.75, 3.05) is 9.80 Å². The van der Waals surface area contributed by atoms with Crippen LogP contribution in [0.2, 0.25) is 0 Å². The number of hydrogen-bond acceptors (Lipinski definition) is 2. The predicted octanol–water partition coefficient (Wildman–Crippen LogP) is 6.10. The molecule has 2 fully saturated rings. The van der Waals surface area contributed by atoms with E-state index in [1.54, 1.807) is 0 Å². The molecule has 1 aliphatic carbocycles. The van der Waals surface area contributed by atoms with Crippen LogP contribution in [0, 0.1) is 12.8 Å². The Kier molecular flexibility index (Phi) is 3.23. The van der Waals surface area contributed by atoms with Crippen molar-refractivity contribution in [1.82, 2.24) is 0 Å². The van der Waals surface area contributed by atoms with Crippen LogP contribution in [0.3, 0.4) is 0 Å². The van der Waals surface area contributed by atoms with Gasteiger partial charge in [0.25, 0.3) is 0 Å². The van der Waals surface area contributed by atoms with Gasteiger partial charge in [-0.1, -0.05) is 55.7 Å². The van der Waals surface area contributed by atoms with Crippen LogP contribution < -0.4 is 9.80 Å². The number of anilines is 2. The molecule has 2 aromatic rings. The van der Waals surface area contributed by atoms with Crippen molar-refractivity contribution < 1.29 is 5.48 Å². The molecule has 3 unspecified atom stereocenters. The van der Waals surface area contributed by atoms with Crippen LogP contribution in [-0.2, 0) is 0 Å². The van der Waals surface area contributed by atoms with Crippen molar-refractivity contribution in [2.24, 2.45) is 5.92 Å². The van der Waals surface area contributed by atoms with Crippen molar-refractivity contribution in [1.29, 1.82) is 0 Å². The lowest BCUT2D eigenvalue weighted by Gasteiger charge is -2.35. The van der Waals surface area contributed by atoms with Crippen LogP contribution in [0.1, 0.15) is 68.4 Å². The van der Waals surface area contributed by atoms with Gasteiger partial charge in [0.2, 0.25) is 0 Å². The topological polar surface area (TPSA) is 6.48 Å². The van der Waals surface area contributed by atoms with Crippen LogP contribution in [0.25, 0.3) is 0 Å². The van der Waals surface area contributed by atoms with Crippen molar-refractivity contribution in [3.05, 3.63) is 59.7 Å². The Morgan fingerprint density at radius 2 is 1.63 bits per heavy atom. The van der Waals surface area contributed by atoms with Crippen molar-refractivity contribution >= 4 is 11.4 Å². The fourth-order valence-corrected chi connectivity index (χ4v) is 5.77. The molecule has 5 rings (SSSR count). The lowest BCUT2D eigenvalue weighted by atomic mass is 9.73. The Hall–Kier alpha value is -1.96. The largest absolute Gasteiger partial charge is 0.346 e. The fourth-order valence-electron chi connectivity index (χ4n) is 5.77. The lowest BCUT2D eigenvalue weighted by molar-refractivity contribution is 0.279. The summed E-state index contributed by atoms with van der Waals surface area (Å²) in [6.45, 7) is 1.98. The first kappa shape index (κ1) is 13.3. The standard InChI is InChI=1S/C25H32N2/c1-17-11-7-9-15-22(17)26-18(2)25-24(20-12-5-4-6-13-20)21-14-8-10-16-23(21)27(25)19(26)3/h7-11,14-16,18-20,24-25H,4-6,12-13H2,1-3H3/t18-,19?,24?,25?/m0/s1/i3D3,24D. The number of nitrogens with zero attached hydrogens (tertiary/aromatic N) is 2. The molecule has 0 N–H and O–H groups in total. The molecule has 142 valence electrons. The van der Waals surface area contributed by atoms with E-state index in [1.807, 2.05) is 49.4 Å². The van der Waals surface area contributed by atoms with Crippen LogP contribution in [0.15, 0.2) is 48.5 Å². The molecule has 3 aliphatic rings. The summed E-state index contributed by atoms with van der Waals surface area (Å²) in [5.74, 6) is -0.536. The van der Waals surface area contributed by atoms with Gasteiger partial charge in [0, 0.05) is 28.8 Å². The number of rotatable bonds is 2. The molecular weight excluding hydrogens is 328 g/mol. The highest BCUT2D eigenvalue weighted by Gasteiger charge is 2.53. The van der Waals surface area contributed by atoms with Gasteiger partial charge in [-0.05, 0) is 62.7 Å². The minimum absolute atomic E-state index is 0.0849. The van der Waals surface area contributed by atoms with Gasteiger partial charge in [0.1, 0.15) is 0 Å². The molecule has 2 heteroatoms. The minimum atomic E-state index is -2.20. The van der Waals surface area contributed by atoms with Crippen LogP contribution in [0.5, 0.6) is 0 Å². The zero-order valence-corrected chi connectivity index (χ0v) is 16.4. The van der Waals surface area contributed by atoms with E-state index in [1.165, 1.54) is 19.3 Å². The predicted molar refractivity (Wildman–Crippen MR) is 115 cm³/mol. The average Bonchev–Trinajstić information content (AvgIpc) is 3.21. The van der Waals surface area contributed by atoms with Gasteiger partial charge in [-0.2, -0.15) is 0 Å². The Morgan fingerprint density at radius 3 is 2.37 bits per heavy atom. The number of benzene rings is 2. The number of fused-ring (bicyclic) bond motifs is 3. The van der Waals surface area contributed by atoms with Gasteiger partial charge in [0.05, 0.1) is 12.2 Å². The van der Waals surface area contributed by atoms with Crippen molar-refractivity contribution in [3.8, 4) is 0 Å². The zero-order valence-electron chi connectivity index (χ0n) is 20.4. The number of aryl methyl sites for hydroxylation is 1. The Bertz CT molecular complexity index is 968. The molecule has 1 saturated heterocycles. The molecule has 0 radical (unpaired) electrons. The first-order chi connectivity index (χ1) is 14.8. The van der Waals surface area contributed by atoms with Gasteiger partial charge >= 0.3 is 0 Å². The molecule has 1 saturated carbocycles. The van der Waals surface area contributed by atoms with Crippen LogP contribution >= 0.6 is 0 Å². The third kappa shape index (κ3) is 2.52. The van der Waals surface area contributed by atoms with E-state index in [2.05, 4.69) is 22.8 Å². The molecule has 0 spiro atoms. The molecule has 2 nitrogen and oxygen atoms in total. The van der Waals surface area contributed by atoms with E-state index in [4.69, 9.17) is 4.11 Å². The Balaban J connectivity index is 1.71. The molecule has 27 heavy (non-hydrogen) atoms. The Morgan fingerprint density at radius 1 is 0.926 bits per heavy atom. The van der Waals surface area contributed by atoms with E-state index >= 15 is 0 Å². The lowest BCUT2D eigenvalue weighted by Crippen LogP contribution is -2.39. The maximum Gasteiger partial charge on any atom is 0.0994 e. The van der Waals surface area contributed by atoms with Gasteiger partial charge in [-0.15, -0.1) is 0 Å². The van der Waals surface area contributed by atoms with Crippen LogP contribution in [0.4, 0.5) is 11.4 Å². The highest BCUT2D eigenvalue weighted by Crippen LogP contribution is 2.54. The number of hydrogen-bond donors (Lipinski definition) is 0. The van der Waals surface area contributed by atoms with Crippen molar-refractivity contribution in [2.45, 2.75) is 76.9 Å². The highest BCUT2D eigenvalue weighted by atomic mass is 15.5. The summed E-state index contributed by atoms with van der Waals surface area (Å²) in [5, 5.41) is 0. The fraction of sp³-hybridized carbons (Fsp3) is 0.520. The summed E-state index contributed by atoms with van der Waals surface area (Å²) >= 11 is 0. The smallest absolute Gasteiger partial charge is 0.0994 e. The molecule has 2 heterocycles. The zero-order chi connectivity index (χ0) is 22.0. The minimum Gasteiger partial charge on any atom is -0.346 e. The van der Waals surface area contributed by atoms with Gasteiger partial charge in [0.15, 0.2) is 0 Å². The second kappa shape index (κ2) is 6.58.